The van der Waals surface area contributed by atoms with Gasteiger partial charge in [0, 0.05) is 36.4 Å². The van der Waals surface area contributed by atoms with Gasteiger partial charge >= 0.3 is 58.2 Å². The number of piperidine rings is 1. The molecule has 2 aromatic heterocycles. The van der Waals surface area contributed by atoms with E-state index in [-0.39, 0.29) is 71.5 Å². The van der Waals surface area contributed by atoms with Crippen molar-refractivity contribution in [2.24, 2.45) is 5.92 Å². The van der Waals surface area contributed by atoms with Crippen LogP contribution in [0.5, 0.6) is 0 Å². The van der Waals surface area contributed by atoms with Crippen molar-refractivity contribution < 1.29 is 58.2 Å². The Morgan fingerprint density at radius 3 is 2.95 bits per heavy atom. The van der Waals surface area contributed by atoms with Crippen LogP contribution in [0.2, 0.25) is 0 Å². The second kappa shape index (κ2) is 7.60. The first kappa shape index (κ1) is 17.7. The van der Waals surface area contributed by atoms with Crippen LogP contribution in [0.1, 0.15) is 19.8 Å². The molecule has 1 aliphatic heterocycles. The van der Waals surface area contributed by atoms with Gasteiger partial charge in [0.2, 0.25) is 0 Å². The van der Waals surface area contributed by atoms with Gasteiger partial charge in [-0.3, -0.25) is 5.10 Å². The maximum absolute atomic E-state index is 8.99. The van der Waals surface area contributed by atoms with E-state index in [1.165, 1.54) is 6.33 Å². The Balaban J connectivity index is 0.000001000. The van der Waals surface area contributed by atoms with Gasteiger partial charge in [0.1, 0.15) is 5.82 Å². The number of aromatic nitrogens is 4. The van der Waals surface area contributed by atoms with Gasteiger partial charge < -0.3 is 22.4 Å². The van der Waals surface area contributed by atoms with Gasteiger partial charge in [-0.15, -0.1) is 0 Å². The summed E-state index contributed by atoms with van der Waals surface area (Å²) in [5.74, 6) is 1.04. The monoisotopic (exact) mass is 341 g/mol. The Labute approximate surface area is 167 Å². The topological polar surface area (TPSA) is 79.8 Å². The maximum atomic E-state index is 8.99. The number of anilines is 1. The molecule has 7 heteroatoms. The second-order valence-corrected chi connectivity index (χ2v) is 4.67. The van der Waals surface area contributed by atoms with Crippen molar-refractivity contribution in [2.75, 3.05) is 11.4 Å². The quantitative estimate of drug-likeness (QED) is 0.591. The molecule has 0 spiro atoms. The van der Waals surface area contributed by atoms with Crippen molar-refractivity contribution in [1.29, 1.82) is 5.26 Å². The molecule has 3 heterocycles. The number of fused-ring (bicyclic) bond motifs is 1. The molecule has 3 rings (SSSR count). The van der Waals surface area contributed by atoms with E-state index < -0.39 is 0 Å². The molecule has 20 heavy (non-hydrogen) atoms. The third-order valence-electron chi connectivity index (χ3n) is 3.51. The first-order valence-electron chi connectivity index (χ1n) is 6.05. The maximum Gasteiger partial charge on any atom is 1.00 e. The molecule has 1 fully saturated rings. The molecule has 0 N–H and O–H groups in total. The first-order chi connectivity index (χ1) is 8.79. The summed E-state index contributed by atoms with van der Waals surface area (Å²) in [6, 6.07) is 2.66. The number of rotatable bonds is 1. The first-order valence-corrected chi connectivity index (χ1v) is 6.05. The summed E-state index contributed by atoms with van der Waals surface area (Å²) in [5, 5.41) is 17.7. The van der Waals surface area contributed by atoms with E-state index in [4.69, 9.17) is 5.26 Å². The summed E-state index contributed by atoms with van der Waals surface area (Å²) in [6.45, 7) is 2.97. The smallest absolute Gasteiger partial charge is 0.425 e. The zero-order chi connectivity index (χ0) is 12.5. The molecular weight excluding hydrogens is 326 g/mol. The summed E-state index contributed by atoms with van der Waals surface area (Å²) in [4.78, 5) is 10.7. The van der Waals surface area contributed by atoms with Crippen LogP contribution in [-0.4, -0.2) is 27.7 Å². The van der Waals surface area contributed by atoms with E-state index in [1.54, 1.807) is 6.20 Å². The van der Waals surface area contributed by atoms with Crippen molar-refractivity contribution in [3.63, 3.8) is 0 Å². The van der Waals surface area contributed by atoms with Crippen molar-refractivity contribution in [2.45, 2.75) is 25.8 Å². The summed E-state index contributed by atoms with van der Waals surface area (Å²) >= 11 is 0. The Kier molecular flexibility index (Phi) is 6.72. The Bertz CT molecular complexity index is 604. The molecule has 1 saturated heterocycles. The van der Waals surface area contributed by atoms with Gasteiger partial charge in [-0.2, -0.15) is 5.26 Å². The minimum Gasteiger partial charge on any atom is -0.425 e. The minimum absolute atomic E-state index is 0. The van der Waals surface area contributed by atoms with E-state index in [0.717, 1.165) is 30.6 Å². The van der Waals surface area contributed by atoms with Gasteiger partial charge in [-0.05, 0) is 25.4 Å². The number of nitriles is 1. The van der Waals surface area contributed by atoms with E-state index in [1.807, 2.05) is 0 Å². The predicted molar refractivity (Wildman–Crippen MR) is 72.2 cm³/mol. The molecule has 6 nitrogen and oxygen atoms in total. The zero-order valence-electron chi connectivity index (χ0n) is 12.1. The number of hydrogen-bond donors (Lipinski definition) is 0. The second-order valence-electron chi connectivity index (χ2n) is 4.67. The summed E-state index contributed by atoms with van der Waals surface area (Å²) < 4.78 is 0. The molecule has 0 amide bonds. The molecular formula is C13H16N6Rb-. The molecule has 0 radical (unpaired) electrons. The molecule has 0 aliphatic carbocycles. The normalized spacial score (nSPS) is 21.7. The Morgan fingerprint density at radius 1 is 1.45 bits per heavy atom. The summed E-state index contributed by atoms with van der Waals surface area (Å²) in [6.07, 6.45) is 4.99. The fraction of sp³-hybridized carbons (Fsp3) is 0.462. The third kappa shape index (κ3) is 3.27. The van der Waals surface area contributed by atoms with Crippen molar-refractivity contribution in [3.8, 4) is 6.07 Å². The minimum atomic E-state index is 0. The van der Waals surface area contributed by atoms with Crippen molar-refractivity contribution in [1.82, 2.24) is 20.2 Å². The standard InChI is InChI=1S/C12H13N6.CH3.Rb/c1-8-4-9(5-13)2-3-18(8)12-10-6-16-17-11(10)14-7-15-12;;/h6-9H,2-4H2,1H3;1H3;/q2*-1;+1. The molecule has 2 aromatic rings. The molecule has 0 aromatic carbocycles. The van der Waals surface area contributed by atoms with E-state index in [2.05, 4.69) is 38.1 Å². The number of nitrogens with zero attached hydrogens (tertiary/aromatic N) is 6. The molecule has 2 unspecified atom stereocenters. The Morgan fingerprint density at radius 2 is 2.25 bits per heavy atom. The van der Waals surface area contributed by atoms with Crippen LogP contribution in [0.25, 0.3) is 11.0 Å². The number of hydrogen-bond acceptors (Lipinski definition) is 5. The SMILES string of the molecule is CC1CC(C#N)CCN1c1ncnc2[n-]ncc12.[CH3-].[Rb+]. The van der Waals surface area contributed by atoms with Crippen LogP contribution in [-0.2, 0) is 0 Å². The van der Waals surface area contributed by atoms with E-state index in [0.29, 0.717) is 11.7 Å². The Hall–Kier alpha value is -0.355. The van der Waals surface area contributed by atoms with Crippen LogP contribution in [0, 0.1) is 24.7 Å². The molecule has 100 valence electrons. The van der Waals surface area contributed by atoms with Gasteiger partial charge in [-0.1, -0.05) is 0 Å². The zero-order valence-corrected chi connectivity index (χ0v) is 17.0. The summed E-state index contributed by atoms with van der Waals surface area (Å²) in [7, 11) is 0. The van der Waals surface area contributed by atoms with Crippen LogP contribution in [0.4, 0.5) is 5.82 Å². The van der Waals surface area contributed by atoms with Gasteiger partial charge in [0.15, 0.2) is 0 Å². The molecule has 1 aliphatic rings. The fourth-order valence-corrected chi connectivity index (χ4v) is 2.55. The average molecular weight is 342 g/mol. The van der Waals surface area contributed by atoms with Crippen LogP contribution in [0.3, 0.4) is 0 Å². The average Bonchev–Trinajstić information content (AvgIpc) is 2.87. The molecule has 2 atom stereocenters. The van der Waals surface area contributed by atoms with E-state index >= 15 is 0 Å². The van der Waals surface area contributed by atoms with Crippen LogP contribution < -0.4 is 68.2 Å². The molecule has 0 saturated carbocycles. The van der Waals surface area contributed by atoms with Crippen LogP contribution in [0.15, 0.2) is 12.5 Å². The van der Waals surface area contributed by atoms with Gasteiger partial charge in [-0.25, -0.2) is 4.98 Å². The van der Waals surface area contributed by atoms with Crippen molar-refractivity contribution in [3.05, 3.63) is 20.0 Å². The van der Waals surface area contributed by atoms with Gasteiger partial charge in [0.05, 0.1) is 6.07 Å². The fourth-order valence-electron chi connectivity index (χ4n) is 2.55. The van der Waals surface area contributed by atoms with Crippen LogP contribution >= 0.6 is 0 Å². The van der Waals surface area contributed by atoms with Gasteiger partial charge in [0.25, 0.3) is 0 Å². The predicted octanol–water partition coefficient (Wildman–Crippen LogP) is -1.44. The largest absolute Gasteiger partial charge is 1.00 e. The summed E-state index contributed by atoms with van der Waals surface area (Å²) in [5.41, 5.74) is 0.634. The molecule has 0 bridgehead atoms. The third-order valence-corrected chi connectivity index (χ3v) is 3.51. The van der Waals surface area contributed by atoms with E-state index in [9.17, 15) is 0 Å². The van der Waals surface area contributed by atoms with Crippen molar-refractivity contribution >= 4 is 16.9 Å².